The Bertz CT molecular complexity index is 3330. The van der Waals surface area contributed by atoms with Gasteiger partial charge in [-0.2, -0.15) is 0 Å². The molecular weight excluding hydrogens is 1300 g/mol. The van der Waals surface area contributed by atoms with E-state index in [9.17, 15) is 69.3 Å². The smallest absolute Gasteiger partial charge is 0.253 e. The number of benzene rings is 3. The third-order valence-electron chi connectivity index (χ3n) is 15.6. The third kappa shape index (κ3) is 19.1. The number of rotatable bonds is 19. The number of aromatic hydroxyl groups is 1. The predicted octanol–water partition coefficient (Wildman–Crippen LogP) is -1.43. The quantitative estimate of drug-likeness (QED) is 0.0421. The molecule has 2 aromatic heterocycles. The molecule has 3 fully saturated rings. The SMILES string of the molecule is COCCOc1ccc(-c2ccc(-c3nnc(-c4ccc(C(=O)N[C@H]5C[C@@H](O)CNC(=O)[C@@H]6[C@@H](O)[C@@H](C)CN6C(=O)[C@H]([C@H](O)CCN)NC(=O)[C@H]([C@H](O)Cc6ccc(O)c(OCCN)c6)NC(=O)[C@@H]6C[C@@H](O)CN6C(=O)[C@H]([C@@H](C)O)NC5=O)cn4)s3)cc2)cc1.Cl.Cl.Cl. The molecule has 0 spiro atoms. The molecule has 16 N–H and O–H groups in total. The van der Waals surface area contributed by atoms with Crippen LogP contribution in [-0.2, 0) is 39.9 Å². The zero-order chi connectivity index (χ0) is 64.9. The van der Waals surface area contributed by atoms with Crippen molar-refractivity contribution in [2.24, 2.45) is 17.4 Å². The second kappa shape index (κ2) is 35.2. The van der Waals surface area contributed by atoms with Gasteiger partial charge in [0.25, 0.3) is 5.91 Å². The van der Waals surface area contributed by atoms with Crippen molar-refractivity contribution >= 4 is 89.9 Å². The maximum atomic E-state index is 14.7. The number of phenols is 1. The Morgan fingerprint density at radius 2 is 1.35 bits per heavy atom. The summed E-state index contributed by atoms with van der Waals surface area (Å²) in [6, 6.07) is 11.2. The minimum atomic E-state index is -2.05. The number of hydrogen-bond acceptors (Lipinski definition) is 23. The second-order valence-corrected chi connectivity index (χ2v) is 23.3. The van der Waals surface area contributed by atoms with Gasteiger partial charge in [0.15, 0.2) is 16.5 Å². The van der Waals surface area contributed by atoms with Crippen molar-refractivity contribution in [1.29, 1.82) is 0 Å². The summed E-state index contributed by atoms with van der Waals surface area (Å²) >= 11 is 1.24. The Morgan fingerprint density at radius 1 is 0.710 bits per heavy atom. The number of aliphatic hydroxyl groups is 6. The first-order chi connectivity index (χ1) is 43.1. The minimum absolute atomic E-state index is 0. The lowest BCUT2D eigenvalue weighted by molar-refractivity contribution is -0.147. The molecule has 5 aromatic rings. The first kappa shape index (κ1) is 76.3. The van der Waals surface area contributed by atoms with Crippen molar-refractivity contribution in [2.75, 3.05) is 59.7 Å². The Balaban J connectivity index is 0.00000523. The molecule has 3 saturated heterocycles. The van der Waals surface area contributed by atoms with Crippen LogP contribution >= 0.6 is 48.6 Å². The third-order valence-corrected chi connectivity index (χ3v) is 16.6. The van der Waals surface area contributed by atoms with Crippen LogP contribution in [0.5, 0.6) is 17.2 Å². The summed E-state index contributed by atoms with van der Waals surface area (Å²) in [6.07, 6.45) is -10.8. The van der Waals surface area contributed by atoms with Gasteiger partial charge >= 0.3 is 0 Å². The summed E-state index contributed by atoms with van der Waals surface area (Å²) < 4.78 is 16.2. The lowest BCUT2D eigenvalue weighted by Crippen LogP contribution is -2.64. The van der Waals surface area contributed by atoms with E-state index in [1.807, 2.05) is 48.5 Å². The number of halogens is 3. The zero-order valence-electron chi connectivity index (χ0n) is 50.8. The van der Waals surface area contributed by atoms with Gasteiger partial charge in [-0.1, -0.05) is 60.7 Å². The van der Waals surface area contributed by atoms with E-state index in [2.05, 4.69) is 41.8 Å². The van der Waals surface area contributed by atoms with Crippen molar-refractivity contribution in [3.63, 3.8) is 0 Å². The number of aliphatic hydroxyl groups excluding tert-OH is 6. The highest BCUT2D eigenvalue weighted by molar-refractivity contribution is 7.17. The summed E-state index contributed by atoms with van der Waals surface area (Å²) in [4.78, 5) is 107. The Labute approximate surface area is 557 Å². The van der Waals surface area contributed by atoms with Gasteiger partial charge in [0.1, 0.15) is 65.9 Å². The highest BCUT2D eigenvalue weighted by Crippen LogP contribution is 2.33. The number of carbonyl (C=O) groups excluding carboxylic acids is 7. The van der Waals surface area contributed by atoms with Crippen LogP contribution in [-0.4, -0.2) is 235 Å². The van der Waals surface area contributed by atoms with E-state index in [0.717, 1.165) is 39.2 Å². The molecule has 8 rings (SSSR count). The number of fused-ring (bicyclic) bond motifs is 2. The summed E-state index contributed by atoms with van der Waals surface area (Å²) in [5.41, 5.74) is 14.6. The van der Waals surface area contributed by atoms with E-state index < -0.39 is 152 Å². The Hall–Kier alpha value is -7.43. The molecule has 33 heteroatoms. The Kier molecular flexibility index (Phi) is 28.9. The molecule has 13 atom stereocenters. The number of ether oxygens (including phenoxy) is 3. The first-order valence-electron chi connectivity index (χ1n) is 29.3. The van der Waals surface area contributed by atoms with Gasteiger partial charge in [-0.15, -0.1) is 47.4 Å². The van der Waals surface area contributed by atoms with Crippen molar-refractivity contribution < 1.29 is 83.5 Å². The molecule has 29 nitrogen and oxygen atoms in total. The summed E-state index contributed by atoms with van der Waals surface area (Å²) in [6.45, 7) is 1.89. The summed E-state index contributed by atoms with van der Waals surface area (Å²) in [7, 11) is 1.60. The fourth-order valence-electron chi connectivity index (χ4n) is 10.7. The average Bonchev–Trinajstić information content (AvgIpc) is 1.73. The highest BCUT2D eigenvalue weighted by atomic mass is 35.5. The van der Waals surface area contributed by atoms with Crippen LogP contribution in [0.3, 0.4) is 0 Å². The number of methoxy groups -OCH3 is 1. The van der Waals surface area contributed by atoms with Crippen LogP contribution in [0.15, 0.2) is 85.1 Å². The lowest BCUT2D eigenvalue weighted by Gasteiger charge is -2.34. The average molecular weight is 1380 g/mol. The normalized spacial score (nSPS) is 24.1. The molecule has 0 bridgehead atoms. The predicted molar refractivity (Wildman–Crippen MR) is 344 cm³/mol. The molecular formula is C60H79Cl3N12O17S. The molecule has 0 saturated carbocycles. The molecule has 0 aliphatic carbocycles. The number of hydrogen-bond donors (Lipinski definition) is 14. The maximum Gasteiger partial charge on any atom is 0.253 e. The second-order valence-electron chi connectivity index (χ2n) is 22.3. The van der Waals surface area contributed by atoms with E-state index >= 15 is 0 Å². The maximum absolute atomic E-state index is 14.7. The van der Waals surface area contributed by atoms with Gasteiger partial charge in [-0.25, -0.2) is 0 Å². The molecule has 0 radical (unpaired) electrons. The molecule has 0 unspecified atom stereocenters. The van der Waals surface area contributed by atoms with E-state index in [1.165, 1.54) is 54.8 Å². The Morgan fingerprint density at radius 3 is 2.00 bits per heavy atom. The number of nitrogens with two attached hydrogens (primary N) is 2. The number of nitrogens with zero attached hydrogens (tertiary/aromatic N) is 5. The van der Waals surface area contributed by atoms with Crippen molar-refractivity contribution in [3.05, 3.63) is 96.2 Å². The van der Waals surface area contributed by atoms with Crippen molar-refractivity contribution in [3.8, 4) is 49.6 Å². The van der Waals surface area contributed by atoms with Gasteiger partial charge in [0, 0.05) is 70.2 Å². The zero-order valence-corrected chi connectivity index (χ0v) is 54.1. The number of nitrogens with one attached hydrogen (secondary N) is 5. The molecule has 3 aliphatic rings. The van der Waals surface area contributed by atoms with Crippen LogP contribution in [0.1, 0.15) is 49.0 Å². The van der Waals surface area contributed by atoms with Crippen molar-refractivity contribution in [2.45, 2.75) is 112 Å². The number of pyridine rings is 1. The molecule has 508 valence electrons. The van der Waals surface area contributed by atoms with E-state index in [-0.39, 0.29) is 92.5 Å². The van der Waals surface area contributed by atoms with Crippen molar-refractivity contribution in [1.82, 2.24) is 51.6 Å². The number of amides is 7. The number of phenolic OH excluding ortho intramolecular Hbond substituents is 1. The monoisotopic (exact) mass is 1380 g/mol. The number of carbonyl (C=O) groups is 7. The molecule has 93 heavy (non-hydrogen) atoms. The minimum Gasteiger partial charge on any atom is -0.504 e. The van der Waals surface area contributed by atoms with Crippen LogP contribution in [0.4, 0.5) is 0 Å². The standard InChI is InChI=1S/C60H76N12O17S.3ClH/c1-30-28-72-50(51(30)79)56(84)64-27-37(74)24-41(65-52(80)36-11-14-40(63-26-36)58-70-69-57(90-58)35-7-5-33(6-8-35)34-9-12-39(13-10-34)88-21-20-87-3)53(81)66-47(31(2)73)59(85)71-29-38(75)25-42(71)54(82)67-48(55(83)68-49(60(72)86)44(77)16-17-61)45(78)22-32-4-15-43(76)46(23-32)89-19-18-62;;;/h4-15,23,26,30-31,37-38,41-42,44-45,47-51,73-79H,16-22,24-25,27-29,61-62H2,1-3H3,(H,64,84)(H,65,80)(H,66,81)(H,67,82)(H,68,83);3*1H/t30-,31+,37+,38+,41-,42-,44+,45+,47-,48-,49-,50-,51-;;;/m0.../s1. The highest BCUT2D eigenvalue weighted by Gasteiger charge is 2.50. The summed E-state index contributed by atoms with van der Waals surface area (Å²) in [5, 5.41) is 101. The molecule has 3 aromatic carbocycles. The fourth-order valence-corrected chi connectivity index (χ4v) is 11.5. The fraction of sp³-hybridized carbons (Fsp3) is 0.467. The molecule has 7 amide bonds. The van der Waals surface area contributed by atoms with Crippen LogP contribution in [0.25, 0.3) is 32.4 Å². The van der Waals surface area contributed by atoms with Gasteiger partial charge < -0.3 is 97.8 Å². The van der Waals surface area contributed by atoms with Crippen LogP contribution in [0, 0.1) is 5.92 Å². The van der Waals surface area contributed by atoms with E-state index in [4.69, 9.17) is 25.7 Å². The van der Waals surface area contributed by atoms with E-state index in [0.29, 0.717) is 28.9 Å². The van der Waals surface area contributed by atoms with E-state index in [1.54, 1.807) is 7.11 Å². The summed E-state index contributed by atoms with van der Waals surface area (Å²) in [5.74, 6) is -8.11. The van der Waals surface area contributed by atoms with Crippen LogP contribution < -0.4 is 47.5 Å². The van der Waals surface area contributed by atoms with Crippen LogP contribution in [0.2, 0.25) is 0 Å². The van der Waals surface area contributed by atoms with Gasteiger partial charge in [-0.05, 0) is 73.0 Å². The topological polar surface area (TPSA) is 446 Å². The molecule has 5 heterocycles. The largest absolute Gasteiger partial charge is 0.504 e. The first-order valence-corrected chi connectivity index (χ1v) is 30.1. The van der Waals surface area contributed by atoms with Gasteiger partial charge in [0.2, 0.25) is 35.4 Å². The molecule has 3 aliphatic heterocycles. The van der Waals surface area contributed by atoms with Gasteiger partial charge in [-0.3, -0.25) is 38.5 Å². The number of β-amino-alcohol motifs (C(OH)–C–C–N with tert-alkyl or cyclic N) is 1. The number of aromatic nitrogens is 3. The van der Waals surface area contributed by atoms with Gasteiger partial charge in [0.05, 0.1) is 48.8 Å². The lowest BCUT2D eigenvalue weighted by atomic mass is 9.98.